The minimum absolute atomic E-state index is 0.187. The molecule has 166 valence electrons. The molecule has 1 saturated heterocycles. The molecule has 1 aromatic heterocycles. The van der Waals surface area contributed by atoms with Gasteiger partial charge >= 0.3 is 0 Å². The highest BCUT2D eigenvalue weighted by Gasteiger charge is 2.23. The molecule has 0 saturated carbocycles. The summed E-state index contributed by atoms with van der Waals surface area (Å²) in [6.07, 6.45) is 6.68. The summed E-state index contributed by atoms with van der Waals surface area (Å²) in [5.74, 6) is 1.13. The van der Waals surface area contributed by atoms with Crippen LogP contribution >= 0.6 is 11.8 Å². The van der Waals surface area contributed by atoms with E-state index >= 15 is 0 Å². The second kappa shape index (κ2) is 10.6. The summed E-state index contributed by atoms with van der Waals surface area (Å²) < 4.78 is 13.5. The molecule has 0 unspecified atom stereocenters. The number of rotatable bonds is 7. The lowest BCUT2D eigenvalue weighted by molar-refractivity contribution is -0.113. The molecule has 0 atom stereocenters. The van der Waals surface area contributed by atoms with E-state index in [1.54, 1.807) is 18.5 Å². The van der Waals surface area contributed by atoms with Gasteiger partial charge in [0.25, 0.3) is 0 Å². The third kappa shape index (κ3) is 5.85. The lowest BCUT2D eigenvalue weighted by atomic mass is 9.90. The quantitative estimate of drug-likeness (QED) is 0.507. The van der Waals surface area contributed by atoms with Crippen molar-refractivity contribution in [3.8, 4) is 0 Å². The summed E-state index contributed by atoms with van der Waals surface area (Å²) in [4.78, 5) is 23.7. The summed E-state index contributed by atoms with van der Waals surface area (Å²) >= 11 is 1.36. The van der Waals surface area contributed by atoms with Crippen molar-refractivity contribution in [1.82, 2.24) is 9.97 Å². The minimum atomic E-state index is -0.370. The number of nitrogens with one attached hydrogen (secondary N) is 1. The SMILES string of the molecule is Cc1ccc(F)cc1NC(=O)CSc1nccnc1N1CCC(Cc2ccccc2)CC1. The number of carbonyl (C=O) groups excluding carboxylic acids is 1. The average Bonchev–Trinajstić information content (AvgIpc) is 2.81. The summed E-state index contributed by atoms with van der Waals surface area (Å²) in [5.41, 5.74) is 2.71. The second-order valence-electron chi connectivity index (χ2n) is 8.10. The van der Waals surface area contributed by atoms with Gasteiger partial charge in [0, 0.05) is 31.2 Å². The van der Waals surface area contributed by atoms with Crippen molar-refractivity contribution < 1.29 is 9.18 Å². The Kier molecular flexibility index (Phi) is 7.37. The summed E-state index contributed by atoms with van der Waals surface area (Å²) in [7, 11) is 0. The van der Waals surface area contributed by atoms with Crippen LogP contribution in [0, 0.1) is 18.7 Å². The van der Waals surface area contributed by atoms with Gasteiger partial charge in [0.15, 0.2) is 5.82 Å². The van der Waals surface area contributed by atoms with Crippen molar-refractivity contribution in [2.24, 2.45) is 5.92 Å². The zero-order chi connectivity index (χ0) is 22.3. The molecule has 1 fully saturated rings. The van der Waals surface area contributed by atoms with Gasteiger partial charge in [-0.25, -0.2) is 14.4 Å². The number of piperidine rings is 1. The predicted octanol–water partition coefficient (Wildman–Crippen LogP) is 5.11. The second-order valence-corrected chi connectivity index (χ2v) is 9.07. The number of aromatic nitrogens is 2. The molecular weight excluding hydrogens is 423 g/mol. The summed E-state index contributed by atoms with van der Waals surface area (Å²) in [6.45, 7) is 3.70. The molecule has 0 aliphatic carbocycles. The van der Waals surface area contributed by atoms with Crippen LogP contribution in [0.2, 0.25) is 0 Å². The number of carbonyl (C=O) groups is 1. The molecule has 0 spiro atoms. The number of nitrogens with zero attached hydrogens (tertiary/aromatic N) is 3. The van der Waals surface area contributed by atoms with Gasteiger partial charge < -0.3 is 10.2 Å². The van der Waals surface area contributed by atoms with Crippen LogP contribution in [0.3, 0.4) is 0 Å². The standard InChI is InChI=1S/C25H27FN4OS/c1-18-7-8-21(26)16-22(18)29-23(31)17-32-25-24(27-11-12-28-25)30-13-9-20(10-14-30)15-19-5-3-2-4-6-19/h2-8,11-12,16,20H,9-10,13-15,17H2,1H3,(H,29,31). The van der Waals surface area contributed by atoms with E-state index in [4.69, 9.17) is 0 Å². The van der Waals surface area contributed by atoms with Crippen LogP contribution in [0.5, 0.6) is 0 Å². The predicted molar refractivity (Wildman–Crippen MR) is 128 cm³/mol. The van der Waals surface area contributed by atoms with Gasteiger partial charge in [-0.1, -0.05) is 48.2 Å². The molecular formula is C25H27FN4OS. The maximum atomic E-state index is 13.5. The largest absolute Gasteiger partial charge is 0.354 e. The minimum Gasteiger partial charge on any atom is -0.354 e. The monoisotopic (exact) mass is 450 g/mol. The van der Waals surface area contributed by atoms with E-state index in [1.807, 2.05) is 6.92 Å². The molecule has 2 aromatic carbocycles. The molecule has 7 heteroatoms. The number of benzene rings is 2. The molecule has 32 heavy (non-hydrogen) atoms. The zero-order valence-corrected chi connectivity index (χ0v) is 18.9. The van der Waals surface area contributed by atoms with Crippen molar-refractivity contribution in [3.63, 3.8) is 0 Å². The molecule has 4 rings (SSSR count). The van der Waals surface area contributed by atoms with Crippen LogP contribution in [0.25, 0.3) is 0 Å². The Morgan fingerprint density at radius 1 is 1.12 bits per heavy atom. The van der Waals surface area contributed by atoms with Crippen LogP contribution < -0.4 is 10.2 Å². The highest BCUT2D eigenvalue weighted by molar-refractivity contribution is 8.00. The fourth-order valence-corrected chi connectivity index (χ4v) is 4.77. The van der Waals surface area contributed by atoms with E-state index in [2.05, 4.69) is 50.5 Å². The van der Waals surface area contributed by atoms with E-state index in [1.165, 1.54) is 29.5 Å². The fraction of sp³-hybridized carbons (Fsp3) is 0.320. The van der Waals surface area contributed by atoms with Crippen molar-refractivity contribution >= 4 is 29.2 Å². The topological polar surface area (TPSA) is 58.1 Å². The third-order valence-corrected chi connectivity index (χ3v) is 6.71. The Bertz CT molecular complexity index is 1050. The lowest BCUT2D eigenvalue weighted by Gasteiger charge is -2.33. The Morgan fingerprint density at radius 3 is 2.66 bits per heavy atom. The van der Waals surface area contributed by atoms with Gasteiger partial charge in [0.2, 0.25) is 5.91 Å². The van der Waals surface area contributed by atoms with Crippen molar-refractivity contribution in [3.05, 3.63) is 77.9 Å². The first-order valence-corrected chi connectivity index (χ1v) is 11.9. The first-order valence-electron chi connectivity index (χ1n) is 10.9. The van der Waals surface area contributed by atoms with Crippen LogP contribution in [-0.2, 0) is 11.2 Å². The van der Waals surface area contributed by atoms with Crippen LogP contribution in [-0.4, -0.2) is 34.7 Å². The maximum absolute atomic E-state index is 13.5. The zero-order valence-electron chi connectivity index (χ0n) is 18.1. The normalized spacial score (nSPS) is 14.4. The molecule has 1 amide bonds. The number of aryl methyl sites for hydroxylation is 1. The highest BCUT2D eigenvalue weighted by Crippen LogP contribution is 2.30. The molecule has 0 radical (unpaired) electrons. The fourth-order valence-electron chi connectivity index (χ4n) is 3.98. The van der Waals surface area contributed by atoms with E-state index in [-0.39, 0.29) is 17.5 Å². The maximum Gasteiger partial charge on any atom is 0.234 e. The number of hydrogen-bond acceptors (Lipinski definition) is 5. The first-order chi connectivity index (χ1) is 15.6. The number of thioether (sulfide) groups is 1. The van der Waals surface area contributed by atoms with E-state index < -0.39 is 0 Å². The molecule has 1 N–H and O–H groups in total. The van der Waals surface area contributed by atoms with Crippen LogP contribution in [0.15, 0.2) is 66.0 Å². The van der Waals surface area contributed by atoms with Gasteiger partial charge in [-0.15, -0.1) is 0 Å². The number of anilines is 2. The van der Waals surface area contributed by atoms with Crippen molar-refractivity contribution in [2.45, 2.75) is 31.2 Å². The Hall–Kier alpha value is -2.93. The molecule has 1 aliphatic rings. The molecule has 5 nitrogen and oxygen atoms in total. The van der Waals surface area contributed by atoms with Gasteiger partial charge in [-0.3, -0.25) is 4.79 Å². The molecule has 0 bridgehead atoms. The Labute approximate surface area is 192 Å². The number of amides is 1. The average molecular weight is 451 g/mol. The number of halogens is 1. The third-order valence-electron chi connectivity index (χ3n) is 5.74. The van der Waals surface area contributed by atoms with Gasteiger partial charge in [0.05, 0.1) is 5.75 Å². The molecule has 3 aromatic rings. The Morgan fingerprint density at radius 2 is 1.88 bits per heavy atom. The van der Waals surface area contributed by atoms with E-state index in [9.17, 15) is 9.18 Å². The Balaban J connectivity index is 1.33. The summed E-state index contributed by atoms with van der Waals surface area (Å²) in [6, 6.07) is 15.0. The summed E-state index contributed by atoms with van der Waals surface area (Å²) in [5, 5.41) is 3.54. The smallest absolute Gasteiger partial charge is 0.234 e. The van der Waals surface area contributed by atoms with Gasteiger partial charge in [-0.05, 0) is 55.4 Å². The van der Waals surface area contributed by atoms with Crippen LogP contribution in [0.4, 0.5) is 15.9 Å². The molecule has 2 heterocycles. The van der Waals surface area contributed by atoms with Crippen molar-refractivity contribution in [1.29, 1.82) is 0 Å². The first kappa shape index (κ1) is 22.3. The lowest BCUT2D eigenvalue weighted by Crippen LogP contribution is -2.35. The van der Waals surface area contributed by atoms with Gasteiger partial charge in [-0.2, -0.15) is 0 Å². The van der Waals surface area contributed by atoms with E-state index in [0.29, 0.717) is 11.6 Å². The highest BCUT2D eigenvalue weighted by atomic mass is 32.2. The molecule has 1 aliphatic heterocycles. The van der Waals surface area contributed by atoms with E-state index in [0.717, 1.165) is 48.8 Å². The van der Waals surface area contributed by atoms with Crippen LogP contribution in [0.1, 0.15) is 24.0 Å². The van der Waals surface area contributed by atoms with Gasteiger partial charge in [0.1, 0.15) is 10.8 Å². The van der Waals surface area contributed by atoms with Crippen molar-refractivity contribution in [2.75, 3.05) is 29.1 Å². The number of hydrogen-bond donors (Lipinski definition) is 1.